The van der Waals surface area contributed by atoms with Crippen LogP contribution in [-0.2, 0) is 43.2 Å². The van der Waals surface area contributed by atoms with Crippen LogP contribution in [0.25, 0.3) is 0 Å². The van der Waals surface area contributed by atoms with Crippen molar-refractivity contribution in [2.75, 3.05) is 5.32 Å². The number of hydrogen-bond acceptors (Lipinski definition) is 10. The van der Waals surface area contributed by atoms with Crippen molar-refractivity contribution in [3.63, 3.8) is 0 Å². The molecule has 282 valence electrons. The molecule has 1 amide bonds. The first-order valence-corrected chi connectivity index (χ1v) is 19.9. The molecule has 8 aliphatic heterocycles. The average molecular weight is 732 g/mol. The maximum atomic E-state index is 13.8. The van der Waals surface area contributed by atoms with E-state index in [0.717, 1.165) is 51.4 Å². The second kappa shape index (κ2) is 12.5. The number of carbonyl (C=O) groups excluding carboxylic acids is 1. The number of ether oxygens (including phenoxy) is 5. The molecule has 2 aliphatic carbocycles. The van der Waals surface area contributed by atoms with Crippen LogP contribution >= 0.6 is 11.6 Å². The van der Waals surface area contributed by atoms with E-state index in [4.69, 9.17) is 54.8 Å². The molecule has 17 atom stereocenters. The third-order valence-corrected chi connectivity index (χ3v) is 14.9. The van der Waals surface area contributed by atoms with Gasteiger partial charge in [-0.1, -0.05) is 45.4 Å². The third-order valence-electron chi connectivity index (χ3n) is 14.7. The van der Waals surface area contributed by atoms with Gasteiger partial charge in [-0.2, -0.15) is 0 Å². The van der Waals surface area contributed by atoms with E-state index in [-0.39, 0.29) is 41.6 Å². The molecule has 2 saturated carbocycles. The summed E-state index contributed by atoms with van der Waals surface area (Å²) in [6.07, 6.45) is 4.55. The quantitative estimate of drug-likeness (QED) is 0.298. The lowest BCUT2D eigenvalue weighted by atomic mass is 9.56. The standard InChI is InChI=1S/C39H54ClNO10/c1-20-10-12-28-22(3)30(43-33-38(28)26(20)14-16-36(5,46-33)48-50-38)19-31(44-35(42)41-25-9-7-8-24(40)18-25)32-23(4)29-13-11-21(2)27-15-17-37(6)47-34(45-32)39(27,29)51-49-37/h7-9,18,20-23,26-34H,10-17,19H2,1-6H3,(H,41,42)/t20-,21-,22-,23-,26+,27+,28+,29+,30-,31+,32+,33-,34-,36-,37-,38-,39-/m1/s1. The van der Waals surface area contributed by atoms with Crippen LogP contribution in [0.15, 0.2) is 24.3 Å². The molecule has 1 N–H and O–H groups in total. The minimum atomic E-state index is -0.915. The number of carbonyl (C=O) groups is 1. The topological polar surface area (TPSA) is 112 Å². The molecule has 12 heteroatoms. The summed E-state index contributed by atoms with van der Waals surface area (Å²) < 4.78 is 33.9. The Bertz CT molecular complexity index is 1520. The number of hydrogen-bond donors (Lipinski definition) is 1. The summed E-state index contributed by atoms with van der Waals surface area (Å²) >= 11 is 6.26. The van der Waals surface area contributed by atoms with Crippen LogP contribution < -0.4 is 5.32 Å². The summed E-state index contributed by atoms with van der Waals surface area (Å²) in [6.45, 7) is 12.9. The lowest BCUT2D eigenvalue weighted by molar-refractivity contribution is -0.573. The smallest absolute Gasteiger partial charge is 0.411 e. The second-order valence-electron chi connectivity index (χ2n) is 17.6. The normalized spacial score (nSPS) is 51.7. The van der Waals surface area contributed by atoms with Crippen LogP contribution in [0.5, 0.6) is 0 Å². The molecule has 11 nitrogen and oxygen atoms in total. The molecule has 10 aliphatic rings. The van der Waals surface area contributed by atoms with Gasteiger partial charge in [0.05, 0.1) is 6.10 Å². The first-order valence-electron chi connectivity index (χ1n) is 19.5. The van der Waals surface area contributed by atoms with Gasteiger partial charge in [0.2, 0.25) is 11.6 Å². The van der Waals surface area contributed by atoms with Crippen molar-refractivity contribution < 1.29 is 48.0 Å². The molecule has 1 aromatic rings. The van der Waals surface area contributed by atoms with E-state index in [1.165, 1.54) is 0 Å². The average Bonchev–Trinajstić information content (AvgIpc) is 3.46. The predicted octanol–water partition coefficient (Wildman–Crippen LogP) is 8.15. The first-order chi connectivity index (χ1) is 24.3. The lowest BCUT2D eigenvalue weighted by Gasteiger charge is -2.62. The zero-order chi connectivity index (χ0) is 35.5. The highest BCUT2D eigenvalue weighted by atomic mass is 35.5. The van der Waals surface area contributed by atoms with Crippen molar-refractivity contribution in [1.29, 1.82) is 0 Å². The first kappa shape index (κ1) is 35.2. The number of amides is 1. The van der Waals surface area contributed by atoms with Gasteiger partial charge in [0.1, 0.15) is 12.2 Å². The minimum absolute atomic E-state index is 0.0409. The van der Waals surface area contributed by atoms with E-state index >= 15 is 0 Å². The molecule has 11 rings (SSSR count). The number of nitrogens with one attached hydrogen (secondary N) is 1. The summed E-state index contributed by atoms with van der Waals surface area (Å²) in [7, 11) is 0. The van der Waals surface area contributed by atoms with Crippen LogP contribution in [-0.4, -0.2) is 59.8 Å². The highest BCUT2D eigenvalue weighted by Gasteiger charge is 2.72. The van der Waals surface area contributed by atoms with E-state index in [1.807, 2.05) is 13.8 Å². The van der Waals surface area contributed by atoms with Gasteiger partial charge in [0.15, 0.2) is 23.8 Å². The van der Waals surface area contributed by atoms with Crippen molar-refractivity contribution >= 4 is 23.4 Å². The monoisotopic (exact) mass is 731 g/mol. The van der Waals surface area contributed by atoms with Crippen LogP contribution in [0, 0.1) is 47.3 Å². The van der Waals surface area contributed by atoms with E-state index < -0.39 is 53.7 Å². The number of anilines is 1. The lowest BCUT2D eigenvalue weighted by Crippen LogP contribution is -2.72. The molecular weight excluding hydrogens is 678 g/mol. The van der Waals surface area contributed by atoms with Gasteiger partial charge < -0.3 is 23.7 Å². The SMILES string of the molecule is C[C@H]1[C@@H]([C@H](C[C@H]2O[C@@H]3O[C@@]4(C)CC[C@H]5[C@H](C)CC[C@@H]([C@H]2C)[C@@]35OO4)OC(=O)Nc2cccc(Cl)c2)O[C@@H]2O[C@@]3(C)CC[C@H]4[C@H](C)CC[C@@H]1[C@@]24OO3. The zero-order valence-corrected chi connectivity index (χ0v) is 31.4. The Kier molecular flexibility index (Phi) is 8.62. The van der Waals surface area contributed by atoms with Crippen LogP contribution in [0.3, 0.4) is 0 Å². The fourth-order valence-electron chi connectivity index (χ4n) is 11.9. The summed E-state index contributed by atoms with van der Waals surface area (Å²) in [6, 6.07) is 7.05. The van der Waals surface area contributed by atoms with Crippen molar-refractivity contribution in [3.8, 4) is 0 Å². The zero-order valence-electron chi connectivity index (χ0n) is 30.6. The fourth-order valence-corrected chi connectivity index (χ4v) is 12.1. The van der Waals surface area contributed by atoms with Crippen LogP contribution in [0.4, 0.5) is 10.5 Å². The van der Waals surface area contributed by atoms with Crippen molar-refractivity contribution in [2.45, 2.75) is 153 Å². The highest BCUT2D eigenvalue weighted by Crippen LogP contribution is 2.63. The second-order valence-corrected chi connectivity index (χ2v) is 18.1. The van der Waals surface area contributed by atoms with Crippen LogP contribution in [0.1, 0.15) is 99.3 Å². The Labute approximate surface area is 305 Å². The van der Waals surface area contributed by atoms with Gasteiger partial charge in [-0.05, 0) is 106 Å². The molecule has 8 heterocycles. The Hall–Kier alpha value is -1.54. The Morgan fingerprint density at radius 3 is 2.00 bits per heavy atom. The maximum Gasteiger partial charge on any atom is 0.411 e. The number of halogens is 1. The Morgan fingerprint density at radius 2 is 1.39 bits per heavy atom. The van der Waals surface area contributed by atoms with Crippen LogP contribution in [0.2, 0.25) is 5.02 Å². The maximum absolute atomic E-state index is 13.8. The summed E-state index contributed by atoms with van der Waals surface area (Å²) in [5.41, 5.74) is -0.861. The summed E-state index contributed by atoms with van der Waals surface area (Å²) in [5, 5.41) is 3.42. The molecule has 4 bridgehead atoms. The molecule has 10 fully saturated rings. The van der Waals surface area contributed by atoms with Gasteiger partial charge >= 0.3 is 6.09 Å². The van der Waals surface area contributed by atoms with Gasteiger partial charge in [-0.3, -0.25) is 5.32 Å². The molecule has 0 aromatic heterocycles. The molecule has 51 heavy (non-hydrogen) atoms. The number of benzene rings is 1. The van der Waals surface area contributed by atoms with Gasteiger partial charge in [-0.25, -0.2) is 24.3 Å². The Balaban J connectivity index is 1.05. The Morgan fingerprint density at radius 1 is 0.804 bits per heavy atom. The van der Waals surface area contributed by atoms with E-state index in [9.17, 15) is 4.79 Å². The van der Waals surface area contributed by atoms with Crippen molar-refractivity contribution in [3.05, 3.63) is 29.3 Å². The van der Waals surface area contributed by atoms with E-state index in [2.05, 4.69) is 33.0 Å². The molecular formula is C39H54ClNO10. The molecule has 0 unspecified atom stereocenters. The molecule has 2 spiro atoms. The number of rotatable bonds is 5. The molecule has 1 aromatic carbocycles. The largest absolute Gasteiger partial charge is 0.443 e. The minimum Gasteiger partial charge on any atom is -0.443 e. The predicted molar refractivity (Wildman–Crippen MR) is 184 cm³/mol. The number of fused-ring (bicyclic) bond motifs is 4. The van der Waals surface area contributed by atoms with Gasteiger partial charge in [0.25, 0.3) is 0 Å². The fraction of sp³-hybridized carbons (Fsp3) is 0.821. The van der Waals surface area contributed by atoms with E-state index in [1.54, 1.807) is 24.3 Å². The third kappa shape index (κ3) is 5.46. The summed E-state index contributed by atoms with van der Waals surface area (Å²) in [5.74, 6) is -0.162. The molecule has 8 saturated heterocycles. The van der Waals surface area contributed by atoms with Crippen molar-refractivity contribution in [1.82, 2.24) is 0 Å². The summed E-state index contributed by atoms with van der Waals surface area (Å²) in [4.78, 5) is 38.8. The van der Waals surface area contributed by atoms with Gasteiger partial charge in [-0.15, -0.1) is 0 Å². The highest BCUT2D eigenvalue weighted by molar-refractivity contribution is 6.30. The van der Waals surface area contributed by atoms with Gasteiger partial charge in [0, 0.05) is 41.8 Å². The molecule has 0 radical (unpaired) electrons. The van der Waals surface area contributed by atoms with Crippen molar-refractivity contribution in [2.24, 2.45) is 47.3 Å². The van der Waals surface area contributed by atoms with E-state index in [0.29, 0.717) is 29.0 Å².